The molecule has 0 heterocycles. The minimum Gasteiger partial charge on any atom is -0.270 e. The number of nitrogens with one attached hydrogen (secondary N) is 1. The fraction of sp³-hybridized carbons (Fsp3) is 0.417. The number of carbonyl (C=O) groups excluding carboxylic acids is 1. The Morgan fingerprint density at radius 3 is 2.74 bits per heavy atom. The molecule has 1 saturated carbocycles. The summed E-state index contributed by atoms with van der Waals surface area (Å²) < 4.78 is 0. The van der Waals surface area contributed by atoms with Gasteiger partial charge in [0.25, 0.3) is 11.6 Å². The number of hydroxylamine groups is 1. The number of nitrogens with zero attached hydrogens (tertiary/aromatic N) is 1. The first-order chi connectivity index (χ1) is 9.09. The van der Waals surface area contributed by atoms with Crippen LogP contribution in [-0.2, 0) is 4.84 Å². The number of rotatable bonds is 4. The minimum atomic E-state index is -0.628. The first kappa shape index (κ1) is 13.8. The molecule has 1 N–H and O–H groups in total. The highest BCUT2D eigenvalue weighted by Gasteiger charge is 2.22. The molecule has 6 nitrogen and oxygen atoms in total. The third-order valence-electron chi connectivity index (χ3n) is 3.04. The van der Waals surface area contributed by atoms with Crippen molar-refractivity contribution < 1.29 is 14.6 Å². The monoisotopic (exact) mass is 284 g/mol. The average Bonchev–Trinajstić information content (AvgIpc) is 2.89. The third kappa shape index (κ3) is 3.21. The molecule has 0 unspecified atom stereocenters. The topological polar surface area (TPSA) is 81.5 Å². The van der Waals surface area contributed by atoms with Gasteiger partial charge in [-0.15, -0.1) is 0 Å². The van der Waals surface area contributed by atoms with Crippen LogP contribution in [0.4, 0.5) is 5.69 Å². The van der Waals surface area contributed by atoms with Gasteiger partial charge in [0.05, 0.1) is 16.6 Å². The molecule has 1 aromatic carbocycles. The first-order valence-corrected chi connectivity index (χ1v) is 6.36. The van der Waals surface area contributed by atoms with Crippen molar-refractivity contribution in [3.63, 3.8) is 0 Å². The Hall–Kier alpha value is -1.66. The number of nitro groups is 1. The maximum atomic E-state index is 11.9. The molecule has 1 amide bonds. The lowest BCUT2D eigenvalue weighted by Crippen LogP contribution is -2.28. The molecule has 0 atom stereocenters. The summed E-state index contributed by atoms with van der Waals surface area (Å²) in [6.07, 6.45) is 3.99. The quantitative estimate of drug-likeness (QED) is 0.681. The smallest absolute Gasteiger partial charge is 0.270 e. The molecular weight excluding hydrogens is 272 g/mol. The highest BCUT2D eigenvalue weighted by Crippen LogP contribution is 2.27. The third-order valence-corrected chi connectivity index (χ3v) is 3.44. The van der Waals surface area contributed by atoms with E-state index in [0.717, 1.165) is 25.7 Å². The second-order valence-electron chi connectivity index (χ2n) is 4.35. The van der Waals surface area contributed by atoms with Crippen LogP contribution in [0.3, 0.4) is 0 Å². The summed E-state index contributed by atoms with van der Waals surface area (Å²) in [5, 5.41) is 10.5. The van der Waals surface area contributed by atoms with E-state index in [0.29, 0.717) is 0 Å². The second-order valence-corrected chi connectivity index (χ2v) is 4.73. The predicted molar refractivity (Wildman–Crippen MR) is 68.9 cm³/mol. The number of halogens is 1. The predicted octanol–water partition coefficient (Wildman–Crippen LogP) is 2.85. The molecule has 1 fully saturated rings. The molecule has 0 aliphatic heterocycles. The zero-order chi connectivity index (χ0) is 13.8. The summed E-state index contributed by atoms with van der Waals surface area (Å²) in [5.74, 6) is -0.569. The summed E-state index contributed by atoms with van der Waals surface area (Å²) in [6.45, 7) is 0. The summed E-state index contributed by atoms with van der Waals surface area (Å²) in [5.41, 5.74) is 2.04. The maximum absolute atomic E-state index is 11.9. The molecule has 0 spiro atoms. The van der Waals surface area contributed by atoms with Gasteiger partial charge < -0.3 is 0 Å². The van der Waals surface area contributed by atoms with E-state index < -0.39 is 10.8 Å². The zero-order valence-electron chi connectivity index (χ0n) is 10.1. The molecule has 0 aromatic heterocycles. The van der Waals surface area contributed by atoms with Crippen molar-refractivity contribution in [2.24, 2.45) is 0 Å². The van der Waals surface area contributed by atoms with Crippen molar-refractivity contribution in [3.8, 4) is 0 Å². The minimum absolute atomic E-state index is 0.0152. The second kappa shape index (κ2) is 5.99. The van der Waals surface area contributed by atoms with Gasteiger partial charge in [-0.05, 0) is 18.9 Å². The van der Waals surface area contributed by atoms with E-state index >= 15 is 0 Å². The van der Waals surface area contributed by atoms with Gasteiger partial charge in [0.1, 0.15) is 5.02 Å². The van der Waals surface area contributed by atoms with Crippen molar-refractivity contribution in [1.82, 2.24) is 5.48 Å². The van der Waals surface area contributed by atoms with Crippen molar-refractivity contribution >= 4 is 23.2 Å². The van der Waals surface area contributed by atoms with E-state index in [-0.39, 0.29) is 22.4 Å². The van der Waals surface area contributed by atoms with Crippen LogP contribution in [0.2, 0.25) is 5.02 Å². The number of amides is 1. The van der Waals surface area contributed by atoms with Crippen LogP contribution >= 0.6 is 11.6 Å². The van der Waals surface area contributed by atoms with E-state index in [2.05, 4.69) is 5.48 Å². The summed E-state index contributed by atoms with van der Waals surface area (Å²) in [6, 6.07) is 4.08. The van der Waals surface area contributed by atoms with E-state index in [9.17, 15) is 14.9 Å². The summed E-state index contributed by atoms with van der Waals surface area (Å²) in [7, 11) is 0. The van der Waals surface area contributed by atoms with Crippen molar-refractivity contribution in [2.45, 2.75) is 31.8 Å². The standard InChI is InChI=1S/C12H13ClN2O4/c13-11-9(6-3-7-10(11)15(17)18)12(16)14-19-8-4-1-2-5-8/h3,6-8H,1-2,4-5H2,(H,14,16). The van der Waals surface area contributed by atoms with Crippen LogP contribution in [0.15, 0.2) is 18.2 Å². The molecular formula is C12H13ClN2O4. The van der Waals surface area contributed by atoms with Crippen LogP contribution in [-0.4, -0.2) is 16.9 Å². The molecule has 19 heavy (non-hydrogen) atoms. The Bertz CT molecular complexity index is 501. The van der Waals surface area contributed by atoms with Gasteiger partial charge in [0.2, 0.25) is 0 Å². The normalized spacial score (nSPS) is 15.4. The van der Waals surface area contributed by atoms with Crippen LogP contribution in [0.1, 0.15) is 36.0 Å². The van der Waals surface area contributed by atoms with Gasteiger partial charge in [-0.2, -0.15) is 0 Å². The zero-order valence-corrected chi connectivity index (χ0v) is 10.9. The molecule has 0 saturated heterocycles. The molecule has 0 radical (unpaired) electrons. The highest BCUT2D eigenvalue weighted by atomic mass is 35.5. The maximum Gasteiger partial charge on any atom is 0.288 e. The van der Waals surface area contributed by atoms with Crippen LogP contribution < -0.4 is 5.48 Å². The van der Waals surface area contributed by atoms with Crippen molar-refractivity contribution in [1.29, 1.82) is 0 Å². The molecule has 0 bridgehead atoms. The summed E-state index contributed by atoms with van der Waals surface area (Å²) in [4.78, 5) is 27.2. The molecule has 2 rings (SSSR count). The average molecular weight is 285 g/mol. The highest BCUT2D eigenvalue weighted by molar-refractivity contribution is 6.35. The first-order valence-electron chi connectivity index (χ1n) is 5.98. The van der Waals surface area contributed by atoms with Gasteiger partial charge in [-0.25, -0.2) is 5.48 Å². The Labute approximate surface area is 114 Å². The number of carbonyl (C=O) groups is 1. The van der Waals surface area contributed by atoms with Gasteiger partial charge >= 0.3 is 0 Å². The van der Waals surface area contributed by atoms with E-state index in [1.54, 1.807) is 0 Å². The van der Waals surface area contributed by atoms with Crippen molar-refractivity contribution in [3.05, 3.63) is 38.9 Å². The van der Waals surface area contributed by atoms with Crippen LogP contribution in [0, 0.1) is 10.1 Å². The van der Waals surface area contributed by atoms with Crippen LogP contribution in [0.25, 0.3) is 0 Å². The number of hydrogen-bond donors (Lipinski definition) is 1. The van der Waals surface area contributed by atoms with Gasteiger partial charge in [-0.1, -0.05) is 30.5 Å². The lowest BCUT2D eigenvalue weighted by Gasteiger charge is -2.11. The van der Waals surface area contributed by atoms with Crippen LogP contribution in [0.5, 0.6) is 0 Å². The molecule has 1 aliphatic rings. The SMILES string of the molecule is O=C(NOC1CCCC1)c1cccc([N+](=O)[O-])c1Cl. The van der Waals surface area contributed by atoms with Gasteiger partial charge in [-0.3, -0.25) is 19.7 Å². The van der Waals surface area contributed by atoms with E-state index in [1.807, 2.05) is 0 Å². The van der Waals surface area contributed by atoms with E-state index in [1.165, 1.54) is 18.2 Å². The molecule has 1 aliphatic carbocycles. The summed E-state index contributed by atoms with van der Waals surface area (Å²) >= 11 is 5.84. The fourth-order valence-corrected chi connectivity index (χ4v) is 2.32. The van der Waals surface area contributed by atoms with Crippen molar-refractivity contribution in [2.75, 3.05) is 0 Å². The fourth-order valence-electron chi connectivity index (χ4n) is 2.03. The van der Waals surface area contributed by atoms with E-state index in [4.69, 9.17) is 16.4 Å². The number of hydrogen-bond acceptors (Lipinski definition) is 4. The van der Waals surface area contributed by atoms with Gasteiger partial charge in [0, 0.05) is 6.07 Å². The Kier molecular flexibility index (Phi) is 4.34. The number of nitro benzene ring substituents is 1. The number of benzene rings is 1. The Balaban J connectivity index is 2.06. The Morgan fingerprint density at radius 2 is 2.11 bits per heavy atom. The van der Waals surface area contributed by atoms with Gasteiger partial charge in [0.15, 0.2) is 0 Å². The molecule has 7 heteroatoms. The molecule has 102 valence electrons. The largest absolute Gasteiger partial charge is 0.288 e. The lowest BCUT2D eigenvalue weighted by atomic mass is 10.2. The molecule has 1 aromatic rings. The Morgan fingerprint density at radius 1 is 1.42 bits per heavy atom. The lowest BCUT2D eigenvalue weighted by molar-refractivity contribution is -0.384.